The molecule has 10 aliphatic rings. The number of methoxy groups -OCH3 is 2. The number of aromatic nitrogens is 2. The third-order valence-electron chi connectivity index (χ3n) is 13.6. The van der Waals surface area contributed by atoms with Gasteiger partial charge >= 0.3 is 0 Å². The maximum Gasteiger partial charge on any atom is 0.127 e. The van der Waals surface area contributed by atoms with E-state index >= 15 is 0 Å². The molecule has 0 saturated heterocycles. The smallest absolute Gasteiger partial charge is 0.127 e. The maximum atomic E-state index is 6.74. The van der Waals surface area contributed by atoms with Crippen LogP contribution in [-0.4, -0.2) is 36.4 Å². The molecule has 242 valence electrons. The van der Waals surface area contributed by atoms with Gasteiger partial charge < -0.3 is 18.9 Å². The van der Waals surface area contributed by atoms with Crippen molar-refractivity contribution in [1.29, 1.82) is 0 Å². The highest BCUT2D eigenvalue weighted by Crippen LogP contribution is 2.73. The van der Waals surface area contributed by atoms with E-state index in [0.717, 1.165) is 22.9 Å². The number of nitrogens with zero attached hydrogens (tertiary/aromatic N) is 2. The van der Waals surface area contributed by atoms with Crippen molar-refractivity contribution in [3.63, 3.8) is 0 Å². The minimum Gasteiger partial charge on any atom is -0.496 e. The van der Waals surface area contributed by atoms with Gasteiger partial charge in [0.25, 0.3) is 0 Å². The SMILES string of the molecule is COc1c2c(c(OC)c3c1[C@@H]1C=C[C@H]3[C@@H]3[C@H]1[C@@H]1C=C[C@H]3C1OCc1ccccn1)[C@@H]1C=C[C@H]2[C@@H]2[C@H]1[C@@H]1C=C[C@H]2C1OCc1ccccn1. The van der Waals surface area contributed by atoms with Gasteiger partial charge in [0.2, 0.25) is 0 Å². The Labute approximate surface area is 281 Å². The summed E-state index contributed by atoms with van der Waals surface area (Å²) in [4.78, 5) is 9.08. The molecule has 0 aliphatic heterocycles. The van der Waals surface area contributed by atoms with Gasteiger partial charge in [-0.2, -0.15) is 0 Å². The number of pyridine rings is 2. The summed E-state index contributed by atoms with van der Waals surface area (Å²) in [6.07, 6.45) is 23.8. The zero-order valence-corrected chi connectivity index (χ0v) is 27.3. The van der Waals surface area contributed by atoms with Gasteiger partial charge in [0.15, 0.2) is 0 Å². The summed E-state index contributed by atoms with van der Waals surface area (Å²) in [5, 5.41) is 0. The second kappa shape index (κ2) is 10.3. The van der Waals surface area contributed by atoms with E-state index in [2.05, 4.69) is 70.7 Å². The second-order valence-corrected chi connectivity index (χ2v) is 15.2. The number of benzene rings is 1. The normalized spacial score (nSPS) is 40.3. The molecule has 14 atom stereocenters. The number of fused-ring (bicyclic) bond motifs is 4. The molecule has 3 aromatic rings. The molecule has 0 spiro atoms. The van der Waals surface area contributed by atoms with Crippen LogP contribution in [0.2, 0.25) is 0 Å². The first-order valence-corrected chi connectivity index (χ1v) is 17.8. The number of allylic oxidation sites excluding steroid dienone is 4. The zero-order chi connectivity index (χ0) is 31.7. The van der Waals surface area contributed by atoms with Crippen molar-refractivity contribution in [3.05, 3.63) is 131 Å². The summed E-state index contributed by atoms with van der Waals surface area (Å²) in [6, 6.07) is 12.1. The van der Waals surface area contributed by atoms with Crippen LogP contribution in [0.1, 0.15) is 57.3 Å². The molecular formula is C42H40N2O4. The Bertz CT molecular complexity index is 1690. The third-order valence-corrected chi connectivity index (χ3v) is 13.6. The number of rotatable bonds is 8. The van der Waals surface area contributed by atoms with Gasteiger partial charge in [0.1, 0.15) is 11.5 Å². The quantitative estimate of drug-likeness (QED) is 0.243. The maximum absolute atomic E-state index is 6.74. The molecule has 10 aliphatic carbocycles. The van der Waals surface area contributed by atoms with E-state index in [-0.39, 0.29) is 35.9 Å². The van der Waals surface area contributed by atoms with E-state index in [1.807, 2.05) is 50.9 Å². The molecule has 2 heterocycles. The monoisotopic (exact) mass is 636 g/mol. The topological polar surface area (TPSA) is 62.7 Å². The van der Waals surface area contributed by atoms with Gasteiger partial charge in [-0.1, -0.05) is 60.7 Å². The predicted molar refractivity (Wildman–Crippen MR) is 181 cm³/mol. The van der Waals surface area contributed by atoms with Gasteiger partial charge in [0, 0.05) is 82.0 Å². The van der Waals surface area contributed by atoms with Crippen LogP contribution in [0, 0.1) is 47.3 Å². The molecule has 1 aromatic carbocycles. The zero-order valence-electron chi connectivity index (χ0n) is 27.3. The summed E-state index contributed by atoms with van der Waals surface area (Å²) >= 11 is 0. The standard InChI is InChI=1S/C42H40N2O4/c1-45-41-35-23-9-11-25(33-29-15-13-27(31(23)33)39(29)47-19-21-7-3-5-17-43-21)37(35)42(46-2)38-26-12-10-24(36(38)41)32-28-14-16-30(34(26)32)40(28)48-20-22-8-4-6-18-44-22/h3-18,23-34,39-40H,19-20H2,1-2H3/t23-,24+,25+,26-,27+,28-,29-,30+,31-,32+,33+,34-,39?,40?. The molecule has 2 unspecified atom stereocenters. The average molecular weight is 637 g/mol. The molecule has 13 rings (SSSR count). The predicted octanol–water partition coefficient (Wildman–Crippen LogP) is 7.26. The molecule has 48 heavy (non-hydrogen) atoms. The Morgan fingerprint density at radius 3 is 1.12 bits per heavy atom. The van der Waals surface area contributed by atoms with Gasteiger partial charge in [-0.3, -0.25) is 9.97 Å². The molecule has 2 saturated carbocycles. The van der Waals surface area contributed by atoms with Crippen LogP contribution in [0.5, 0.6) is 11.5 Å². The first-order valence-electron chi connectivity index (χ1n) is 17.8. The van der Waals surface area contributed by atoms with E-state index in [1.54, 1.807) is 0 Å². The first kappa shape index (κ1) is 27.9. The van der Waals surface area contributed by atoms with Crippen LogP contribution < -0.4 is 9.47 Å². The minimum absolute atomic E-state index is 0.176. The summed E-state index contributed by atoms with van der Waals surface area (Å²) in [6.45, 7) is 1.11. The van der Waals surface area contributed by atoms with Crippen LogP contribution in [-0.2, 0) is 22.7 Å². The summed E-state index contributed by atoms with van der Waals surface area (Å²) in [7, 11) is 3.79. The molecular weight excluding hydrogens is 596 g/mol. The van der Waals surface area contributed by atoms with Crippen LogP contribution >= 0.6 is 0 Å². The van der Waals surface area contributed by atoms with E-state index in [1.165, 1.54) is 22.3 Å². The van der Waals surface area contributed by atoms with Crippen molar-refractivity contribution in [1.82, 2.24) is 9.97 Å². The largest absolute Gasteiger partial charge is 0.496 e. The first-order chi connectivity index (χ1) is 23.8. The highest BCUT2D eigenvalue weighted by atomic mass is 16.5. The Morgan fingerprint density at radius 1 is 0.479 bits per heavy atom. The molecule has 0 amide bonds. The highest BCUT2D eigenvalue weighted by molar-refractivity contribution is 5.71. The Kier molecular flexibility index (Phi) is 5.96. The molecule has 6 heteroatoms. The van der Waals surface area contributed by atoms with Crippen molar-refractivity contribution in [2.75, 3.05) is 14.2 Å². The van der Waals surface area contributed by atoms with E-state index in [4.69, 9.17) is 18.9 Å². The lowest BCUT2D eigenvalue weighted by atomic mass is 9.52. The van der Waals surface area contributed by atoms with Crippen molar-refractivity contribution >= 4 is 0 Å². The fraction of sp³-hybridized carbons (Fsp3) is 0.429. The fourth-order valence-electron chi connectivity index (χ4n) is 12.3. The Morgan fingerprint density at radius 2 is 0.833 bits per heavy atom. The van der Waals surface area contributed by atoms with Crippen LogP contribution in [0.25, 0.3) is 0 Å². The number of ether oxygens (including phenoxy) is 4. The lowest BCUT2D eigenvalue weighted by molar-refractivity contribution is 0.00909. The molecule has 2 fully saturated rings. The van der Waals surface area contributed by atoms with Crippen molar-refractivity contribution in [2.45, 2.75) is 49.1 Å². The van der Waals surface area contributed by atoms with Crippen molar-refractivity contribution in [3.8, 4) is 11.5 Å². The molecule has 0 radical (unpaired) electrons. The molecule has 6 nitrogen and oxygen atoms in total. The molecule has 2 aromatic heterocycles. The van der Waals surface area contributed by atoms with Gasteiger partial charge in [-0.05, 0) is 47.9 Å². The summed E-state index contributed by atoms with van der Waals surface area (Å²) in [5.41, 5.74) is 7.51. The fourth-order valence-corrected chi connectivity index (χ4v) is 12.3. The lowest BCUT2D eigenvalue weighted by Crippen LogP contribution is -2.41. The van der Waals surface area contributed by atoms with Crippen molar-refractivity contribution < 1.29 is 18.9 Å². The third kappa shape index (κ3) is 3.50. The Hall–Kier alpha value is -4.00. The average Bonchev–Trinajstić information content (AvgIpc) is 3.92. The summed E-state index contributed by atoms with van der Waals surface area (Å²) in [5.74, 6) is 6.85. The Balaban J connectivity index is 0.978. The van der Waals surface area contributed by atoms with Crippen molar-refractivity contribution in [2.24, 2.45) is 47.3 Å². The molecule has 0 N–H and O–H groups in total. The molecule has 8 bridgehead atoms. The highest BCUT2D eigenvalue weighted by Gasteiger charge is 2.65. The van der Waals surface area contributed by atoms with Gasteiger partial charge in [-0.25, -0.2) is 0 Å². The van der Waals surface area contributed by atoms with Crippen LogP contribution in [0.15, 0.2) is 97.4 Å². The van der Waals surface area contributed by atoms with Gasteiger partial charge in [0.05, 0.1) is 51.0 Å². The van der Waals surface area contributed by atoms with Crippen LogP contribution in [0.3, 0.4) is 0 Å². The van der Waals surface area contributed by atoms with E-state index < -0.39 is 0 Å². The van der Waals surface area contributed by atoms with Gasteiger partial charge in [-0.15, -0.1) is 0 Å². The number of hydrogen-bond donors (Lipinski definition) is 0. The number of hydrogen-bond acceptors (Lipinski definition) is 6. The minimum atomic E-state index is 0.176. The van der Waals surface area contributed by atoms with E-state index in [0.29, 0.717) is 60.6 Å². The second-order valence-electron chi connectivity index (χ2n) is 15.2. The summed E-state index contributed by atoms with van der Waals surface area (Å²) < 4.78 is 26.7. The van der Waals surface area contributed by atoms with Crippen LogP contribution in [0.4, 0.5) is 0 Å². The van der Waals surface area contributed by atoms with E-state index in [9.17, 15) is 0 Å². The lowest BCUT2D eigenvalue weighted by Gasteiger charge is -2.52.